The Morgan fingerprint density at radius 3 is 2.67 bits per heavy atom. The van der Waals surface area contributed by atoms with Crippen LogP contribution in [0.1, 0.15) is 39.5 Å². The first kappa shape index (κ1) is 13.3. The van der Waals surface area contributed by atoms with E-state index in [1.165, 1.54) is 0 Å². The van der Waals surface area contributed by atoms with Crippen LogP contribution >= 0.6 is 0 Å². The van der Waals surface area contributed by atoms with Crippen LogP contribution in [-0.2, 0) is 9.59 Å². The first-order valence-corrected chi connectivity index (χ1v) is 6.70. The van der Waals surface area contributed by atoms with Crippen LogP contribution in [0.4, 0.5) is 0 Å². The average Bonchev–Trinajstić information content (AvgIpc) is 2.76. The number of nitrogens with zero attached hydrogens (tertiary/aromatic N) is 1. The van der Waals surface area contributed by atoms with E-state index >= 15 is 0 Å². The van der Waals surface area contributed by atoms with Gasteiger partial charge in [0.05, 0.1) is 6.04 Å². The number of carboxylic acids is 1. The topological polar surface area (TPSA) is 69.6 Å². The highest BCUT2D eigenvalue weighted by molar-refractivity contribution is 5.88. The Labute approximate surface area is 108 Å². The highest BCUT2D eigenvalue weighted by Crippen LogP contribution is 2.32. The molecule has 18 heavy (non-hydrogen) atoms. The van der Waals surface area contributed by atoms with Crippen molar-refractivity contribution in [2.45, 2.75) is 51.6 Å². The first-order valence-electron chi connectivity index (χ1n) is 6.70. The van der Waals surface area contributed by atoms with Crippen LogP contribution in [0.5, 0.6) is 0 Å². The molecular weight excluding hydrogens is 232 g/mol. The van der Waals surface area contributed by atoms with Crippen molar-refractivity contribution in [3.8, 4) is 0 Å². The van der Waals surface area contributed by atoms with Crippen LogP contribution in [0.15, 0.2) is 0 Å². The lowest BCUT2D eigenvalue weighted by Crippen LogP contribution is -2.58. The van der Waals surface area contributed by atoms with Gasteiger partial charge >= 0.3 is 5.97 Å². The number of nitrogens with one attached hydrogen (secondary N) is 1. The summed E-state index contributed by atoms with van der Waals surface area (Å²) in [6.07, 6.45) is 3.44. The second-order valence-corrected chi connectivity index (χ2v) is 6.01. The number of hydrogen-bond acceptors (Lipinski definition) is 3. The third kappa shape index (κ3) is 2.36. The standard InChI is InChI=1S/C13H22N2O3/c1-13(2)6-4-7-14-10(13)11(16)15-8-3-5-9(15)12(17)18/h9-10,14H,3-8H2,1-2H3,(H,17,18)/t9-,10?/m1/s1. The number of rotatable bonds is 2. The van der Waals surface area contributed by atoms with Crippen LogP contribution in [-0.4, -0.2) is 47.1 Å². The van der Waals surface area contributed by atoms with E-state index in [4.69, 9.17) is 5.11 Å². The van der Waals surface area contributed by atoms with E-state index in [9.17, 15) is 9.59 Å². The summed E-state index contributed by atoms with van der Waals surface area (Å²) in [6, 6.07) is -0.872. The second-order valence-electron chi connectivity index (χ2n) is 6.01. The van der Waals surface area contributed by atoms with Gasteiger partial charge in [-0.15, -0.1) is 0 Å². The Kier molecular flexibility index (Phi) is 3.61. The van der Waals surface area contributed by atoms with Crippen molar-refractivity contribution < 1.29 is 14.7 Å². The van der Waals surface area contributed by atoms with Crippen molar-refractivity contribution in [3.05, 3.63) is 0 Å². The molecule has 0 bridgehead atoms. The molecule has 0 saturated carbocycles. The molecule has 2 rings (SSSR count). The molecule has 5 heteroatoms. The molecule has 2 fully saturated rings. The normalized spacial score (nSPS) is 31.3. The SMILES string of the molecule is CC1(C)CCCNC1C(=O)N1CCC[C@@H]1C(=O)O. The van der Waals surface area contributed by atoms with Crippen LogP contribution in [0, 0.1) is 5.41 Å². The number of hydrogen-bond donors (Lipinski definition) is 2. The van der Waals surface area contributed by atoms with Gasteiger partial charge in [0.15, 0.2) is 0 Å². The predicted molar refractivity (Wildman–Crippen MR) is 67.2 cm³/mol. The number of amides is 1. The molecule has 2 atom stereocenters. The lowest BCUT2D eigenvalue weighted by atomic mass is 9.77. The fourth-order valence-electron chi connectivity index (χ4n) is 3.09. The van der Waals surface area contributed by atoms with E-state index in [-0.39, 0.29) is 17.4 Å². The molecule has 0 radical (unpaired) electrons. The molecule has 0 aromatic rings. The van der Waals surface area contributed by atoms with Gasteiger partial charge in [0.2, 0.25) is 5.91 Å². The summed E-state index contributed by atoms with van der Waals surface area (Å²) < 4.78 is 0. The van der Waals surface area contributed by atoms with Gasteiger partial charge < -0.3 is 15.3 Å². The minimum absolute atomic E-state index is 0.0374. The molecule has 1 amide bonds. The molecule has 0 aromatic carbocycles. The highest BCUT2D eigenvalue weighted by atomic mass is 16.4. The number of aliphatic carboxylic acids is 1. The van der Waals surface area contributed by atoms with Gasteiger partial charge in [-0.25, -0.2) is 4.79 Å². The van der Waals surface area contributed by atoms with Crippen LogP contribution in [0.3, 0.4) is 0 Å². The molecular formula is C13H22N2O3. The number of likely N-dealkylation sites (tertiary alicyclic amines) is 1. The molecule has 0 aliphatic carbocycles. The Hall–Kier alpha value is -1.10. The summed E-state index contributed by atoms with van der Waals surface area (Å²) in [5.74, 6) is -0.918. The fourth-order valence-corrected chi connectivity index (χ4v) is 3.09. The van der Waals surface area contributed by atoms with Crippen molar-refractivity contribution in [2.24, 2.45) is 5.41 Å². The molecule has 2 saturated heterocycles. The lowest BCUT2D eigenvalue weighted by Gasteiger charge is -2.40. The first-order chi connectivity index (χ1) is 8.43. The highest BCUT2D eigenvalue weighted by Gasteiger charge is 2.43. The molecule has 5 nitrogen and oxygen atoms in total. The molecule has 2 N–H and O–H groups in total. The Morgan fingerprint density at radius 1 is 1.33 bits per heavy atom. The van der Waals surface area contributed by atoms with Gasteiger partial charge in [0.1, 0.15) is 6.04 Å². The zero-order valence-corrected chi connectivity index (χ0v) is 11.1. The second kappa shape index (κ2) is 4.88. The molecule has 1 unspecified atom stereocenters. The summed E-state index contributed by atoms with van der Waals surface area (Å²) in [5, 5.41) is 12.4. The predicted octanol–water partition coefficient (Wildman–Crippen LogP) is 0.840. The maximum Gasteiger partial charge on any atom is 0.326 e. The maximum absolute atomic E-state index is 12.5. The summed E-state index contributed by atoms with van der Waals surface area (Å²) in [7, 11) is 0. The third-order valence-corrected chi connectivity index (χ3v) is 4.20. The van der Waals surface area contributed by atoms with E-state index in [1.54, 1.807) is 4.90 Å². The Balaban J connectivity index is 2.12. The summed E-state index contributed by atoms with van der Waals surface area (Å²) >= 11 is 0. The Morgan fingerprint density at radius 2 is 2.06 bits per heavy atom. The lowest BCUT2D eigenvalue weighted by molar-refractivity contribution is -0.150. The summed E-state index contributed by atoms with van der Waals surface area (Å²) in [6.45, 7) is 5.57. The van der Waals surface area contributed by atoms with E-state index in [0.717, 1.165) is 25.8 Å². The van der Waals surface area contributed by atoms with Gasteiger partial charge in [-0.1, -0.05) is 13.8 Å². The number of piperidine rings is 1. The maximum atomic E-state index is 12.5. The van der Waals surface area contributed by atoms with Crippen molar-refractivity contribution in [3.63, 3.8) is 0 Å². The number of carbonyl (C=O) groups excluding carboxylic acids is 1. The van der Waals surface area contributed by atoms with E-state index in [0.29, 0.717) is 13.0 Å². The molecule has 2 aliphatic heterocycles. The van der Waals surface area contributed by atoms with Crippen molar-refractivity contribution in [2.75, 3.05) is 13.1 Å². The third-order valence-electron chi connectivity index (χ3n) is 4.20. The van der Waals surface area contributed by atoms with Gasteiger partial charge in [-0.2, -0.15) is 0 Å². The molecule has 0 spiro atoms. The monoisotopic (exact) mass is 254 g/mol. The minimum atomic E-state index is -0.880. The number of carbonyl (C=O) groups is 2. The van der Waals surface area contributed by atoms with E-state index in [2.05, 4.69) is 19.2 Å². The zero-order valence-electron chi connectivity index (χ0n) is 11.1. The summed E-state index contributed by atoms with van der Waals surface area (Å²) in [5.41, 5.74) is -0.0963. The molecule has 2 heterocycles. The largest absolute Gasteiger partial charge is 0.480 e. The van der Waals surface area contributed by atoms with E-state index < -0.39 is 12.0 Å². The molecule has 102 valence electrons. The van der Waals surface area contributed by atoms with Crippen molar-refractivity contribution in [1.82, 2.24) is 10.2 Å². The van der Waals surface area contributed by atoms with Crippen LogP contribution in [0.25, 0.3) is 0 Å². The van der Waals surface area contributed by atoms with Gasteiger partial charge in [-0.3, -0.25) is 4.79 Å². The molecule has 2 aliphatic rings. The fraction of sp³-hybridized carbons (Fsp3) is 0.846. The van der Waals surface area contributed by atoms with Crippen LogP contribution in [0.2, 0.25) is 0 Å². The van der Waals surface area contributed by atoms with Gasteiger partial charge in [0.25, 0.3) is 0 Å². The van der Waals surface area contributed by atoms with Gasteiger partial charge in [0, 0.05) is 6.54 Å². The van der Waals surface area contributed by atoms with Crippen molar-refractivity contribution in [1.29, 1.82) is 0 Å². The zero-order chi connectivity index (χ0) is 13.3. The molecule has 0 aromatic heterocycles. The average molecular weight is 254 g/mol. The minimum Gasteiger partial charge on any atom is -0.480 e. The quantitative estimate of drug-likeness (QED) is 0.766. The Bertz CT molecular complexity index is 354. The number of carboxylic acid groups (broad SMARTS) is 1. The van der Waals surface area contributed by atoms with Gasteiger partial charge in [-0.05, 0) is 37.6 Å². The van der Waals surface area contributed by atoms with Crippen molar-refractivity contribution >= 4 is 11.9 Å². The van der Waals surface area contributed by atoms with Crippen LogP contribution < -0.4 is 5.32 Å². The van der Waals surface area contributed by atoms with E-state index in [1.807, 2.05) is 0 Å². The summed E-state index contributed by atoms with van der Waals surface area (Å²) in [4.78, 5) is 25.2. The smallest absolute Gasteiger partial charge is 0.326 e.